The second kappa shape index (κ2) is 5.74. The topological polar surface area (TPSA) is 89.2 Å². The fourth-order valence-electron chi connectivity index (χ4n) is 2.34. The molecule has 0 radical (unpaired) electrons. The van der Waals surface area contributed by atoms with Gasteiger partial charge in [0.25, 0.3) is 5.89 Å². The van der Waals surface area contributed by atoms with Crippen molar-refractivity contribution in [2.45, 2.75) is 19.1 Å². The minimum atomic E-state index is -0.204. The van der Waals surface area contributed by atoms with E-state index in [0.717, 1.165) is 13.1 Å². The van der Waals surface area contributed by atoms with E-state index in [2.05, 4.69) is 30.3 Å². The summed E-state index contributed by atoms with van der Waals surface area (Å²) in [5.41, 5.74) is 0.571. The molecule has 0 aliphatic carbocycles. The molecule has 1 aliphatic heterocycles. The highest BCUT2D eigenvalue weighted by atomic mass is 16.5. The zero-order chi connectivity index (χ0) is 14.8. The predicted molar refractivity (Wildman–Crippen MR) is 75.7 cm³/mol. The minimum absolute atomic E-state index is 0.138. The first-order valence-corrected chi connectivity index (χ1v) is 6.83. The maximum atomic E-state index is 5.84. The van der Waals surface area contributed by atoms with Crippen molar-refractivity contribution in [3.8, 4) is 11.5 Å². The number of ether oxygens (including phenoxy) is 1. The van der Waals surface area contributed by atoms with E-state index in [4.69, 9.17) is 9.26 Å². The molecule has 1 N–H and O–H groups in total. The van der Waals surface area contributed by atoms with Crippen LogP contribution in [0.25, 0.3) is 11.5 Å². The van der Waals surface area contributed by atoms with E-state index in [0.29, 0.717) is 23.2 Å². The van der Waals surface area contributed by atoms with E-state index < -0.39 is 0 Å². The van der Waals surface area contributed by atoms with Crippen LogP contribution in [0.5, 0.6) is 0 Å². The van der Waals surface area contributed by atoms with Gasteiger partial charge >= 0.3 is 0 Å². The van der Waals surface area contributed by atoms with Crippen LogP contribution in [0.3, 0.4) is 0 Å². The van der Waals surface area contributed by atoms with E-state index in [1.807, 2.05) is 14.0 Å². The van der Waals surface area contributed by atoms with Crippen LogP contribution in [0, 0.1) is 0 Å². The van der Waals surface area contributed by atoms with Crippen LogP contribution in [-0.4, -0.2) is 58.3 Å². The Hall–Kier alpha value is -2.06. The molecule has 3 rings (SSSR count). The Labute approximate surface area is 122 Å². The Balaban J connectivity index is 1.79. The summed E-state index contributed by atoms with van der Waals surface area (Å²) >= 11 is 0. The number of hydrogen-bond donors (Lipinski definition) is 1. The fourth-order valence-corrected chi connectivity index (χ4v) is 2.34. The lowest BCUT2D eigenvalue weighted by molar-refractivity contribution is -0.0838. The lowest BCUT2D eigenvalue weighted by Crippen LogP contribution is -2.40. The van der Waals surface area contributed by atoms with Crippen LogP contribution in [0.4, 0.5) is 5.82 Å². The number of nitrogens with one attached hydrogen (secondary N) is 1. The SMILES string of the molecule is CNc1cnc(-c2noc([C@H]3CN(C)C[C@@H](C)O3)n2)cn1. The van der Waals surface area contributed by atoms with Crippen molar-refractivity contribution in [2.75, 3.05) is 32.5 Å². The lowest BCUT2D eigenvalue weighted by Gasteiger charge is -2.32. The van der Waals surface area contributed by atoms with Gasteiger partial charge in [-0.25, -0.2) is 9.97 Å². The van der Waals surface area contributed by atoms with Crippen LogP contribution in [0.2, 0.25) is 0 Å². The smallest absolute Gasteiger partial charge is 0.257 e. The Morgan fingerprint density at radius 2 is 2.14 bits per heavy atom. The van der Waals surface area contributed by atoms with E-state index in [9.17, 15) is 0 Å². The molecule has 21 heavy (non-hydrogen) atoms. The van der Waals surface area contributed by atoms with Crippen molar-refractivity contribution in [1.82, 2.24) is 25.0 Å². The first-order valence-electron chi connectivity index (χ1n) is 6.83. The standard InChI is InChI=1S/C13H18N6O2/c1-8-6-19(3)7-10(20-8)13-17-12(18-21-13)9-4-16-11(14-2)5-15-9/h4-5,8,10H,6-7H2,1-3H3,(H,14,16)/t8-,10-/m1/s1. The summed E-state index contributed by atoms with van der Waals surface area (Å²) in [7, 11) is 3.83. The predicted octanol–water partition coefficient (Wildman–Crippen LogP) is 0.960. The molecule has 8 nitrogen and oxygen atoms in total. The van der Waals surface area contributed by atoms with E-state index in [1.54, 1.807) is 19.4 Å². The van der Waals surface area contributed by atoms with Gasteiger partial charge in [0.1, 0.15) is 17.6 Å². The monoisotopic (exact) mass is 290 g/mol. The third-order valence-electron chi connectivity index (χ3n) is 3.30. The molecule has 0 saturated carbocycles. The van der Waals surface area contributed by atoms with Gasteiger partial charge in [0.15, 0.2) is 0 Å². The van der Waals surface area contributed by atoms with Crippen LogP contribution in [-0.2, 0) is 4.74 Å². The number of rotatable bonds is 3. The fraction of sp³-hybridized carbons (Fsp3) is 0.538. The third kappa shape index (κ3) is 3.01. The minimum Gasteiger partial charge on any atom is -0.372 e. The maximum Gasteiger partial charge on any atom is 0.257 e. The summed E-state index contributed by atoms with van der Waals surface area (Å²) in [5.74, 6) is 1.58. The number of anilines is 1. The molecule has 0 spiro atoms. The Kier molecular flexibility index (Phi) is 3.80. The molecule has 1 saturated heterocycles. The van der Waals surface area contributed by atoms with Gasteiger partial charge in [0, 0.05) is 20.1 Å². The molecule has 0 unspecified atom stereocenters. The first kappa shape index (κ1) is 13.9. The number of nitrogens with zero attached hydrogens (tertiary/aromatic N) is 5. The van der Waals surface area contributed by atoms with Gasteiger partial charge in [-0.15, -0.1) is 0 Å². The first-order chi connectivity index (χ1) is 10.2. The highest BCUT2D eigenvalue weighted by Crippen LogP contribution is 2.24. The van der Waals surface area contributed by atoms with Crippen molar-refractivity contribution in [2.24, 2.45) is 0 Å². The zero-order valence-electron chi connectivity index (χ0n) is 12.3. The summed E-state index contributed by atoms with van der Waals surface area (Å²) in [6.07, 6.45) is 3.17. The Morgan fingerprint density at radius 3 is 2.81 bits per heavy atom. The van der Waals surface area contributed by atoms with Crippen molar-refractivity contribution in [3.63, 3.8) is 0 Å². The summed E-state index contributed by atoms with van der Waals surface area (Å²) in [4.78, 5) is 15.0. The van der Waals surface area contributed by atoms with Gasteiger partial charge in [-0.1, -0.05) is 5.16 Å². The molecular weight excluding hydrogens is 272 g/mol. The number of likely N-dealkylation sites (N-methyl/N-ethyl adjacent to an activating group) is 1. The Bertz CT molecular complexity index is 589. The quantitative estimate of drug-likeness (QED) is 0.894. The van der Waals surface area contributed by atoms with Crippen molar-refractivity contribution in [3.05, 3.63) is 18.3 Å². The summed E-state index contributed by atoms with van der Waals surface area (Å²) in [6, 6.07) is 0. The van der Waals surface area contributed by atoms with Crippen molar-refractivity contribution < 1.29 is 9.26 Å². The average molecular weight is 290 g/mol. The van der Waals surface area contributed by atoms with Gasteiger partial charge in [-0.3, -0.25) is 0 Å². The summed E-state index contributed by atoms with van der Waals surface area (Å²) < 4.78 is 11.2. The maximum absolute atomic E-state index is 5.84. The second-order valence-electron chi connectivity index (χ2n) is 5.15. The average Bonchev–Trinajstić information content (AvgIpc) is 2.96. The molecule has 0 aromatic carbocycles. The van der Waals surface area contributed by atoms with E-state index in [1.165, 1.54) is 0 Å². The van der Waals surface area contributed by atoms with Gasteiger partial charge in [0.05, 0.1) is 18.5 Å². The molecule has 2 aromatic heterocycles. The van der Waals surface area contributed by atoms with Gasteiger partial charge in [0.2, 0.25) is 5.82 Å². The largest absolute Gasteiger partial charge is 0.372 e. The molecule has 2 atom stereocenters. The van der Waals surface area contributed by atoms with Crippen LogP contribution in [0.15, 0.2) is 16.9 Å². The number of hydrogen-bond acceptors (Lipinski definition) is 8. The molecule has 0 bridgehead atoms. The zero-order valence-corrected chi connectivity index (χ0v) is 12.3. The van der Waals surface area contributed by atoms with Crippen LogP contribution < -0.4 is 5.32 Å². The van der Waals surface area contributed by atoms with E-state index in [-0.39, 0.29) is 12.2 Å². The molecular formula is C13H18N6O2. The molecule has 112 valence electrons. The molecule has 8 heteroatoms. The highest BCUT2D eigenvalue weighted by Gasteiger charge is 2.29. The second-order valence-corrected chi connectivity index (χ2v) is 5.15. The summed E-state index contributed by atoms with van der Waals surface area (Å²) in [5, 5.41) is 6.87. The molecule has 1 fully saturated rings. The van der Waals surface area contributed by atoms with Crippen LogP contribution >= 0.6 is 0 Å². The molecule has 3 heterocycles. The summed E-state index contributed by atoms with van der Waals surface area (Å²) in [6.45, 7) is 3.66. The van der Waals surface area contributed by atoms with E-state index >= 15 is 0 Å². The molecule has 2 aromatic rings. The van der Waals surface area contributed by atoms with Crippen LogP contribution in [0.1, 0.15) is 18.9 Å². The van der Waals surface area contributed by atoms with Gasteiger partial charge in [-0.2, -0.15) is 4.98 Å². The van der Waals surface area contributed by atoms with Gasteiger partial charge in [-0.05, 0) is 14.0 Å². The van der Waals surface area contributed by atoms with Gasteiger partial charge < -0.3 is 19.5 Å². The highest BCUT2D eigenvalue weighted by molar-refractivity contribution is 5.48. The Morgan fingerprint density at radius 1 is 1.29 bits per heavy atom. The number of aromatic nitrogens is 4. The van der Waals surface area contributed by atoms with Crippen molar-refractivity contribution in [1.29, 1.82) is 0 Å². The lowest BCUT2D eigenvalue weighted by atomic mass is 10.2. The molecule has 1 aliphatic rings. The van der Waals surface area contributed by atoms with Crippen molar-refractivity contribution >= 4 is 5.82 Å². The number of morpholine rings is 1. The third-order valence-corrected chi connectivity index (χ3v) is 3.30. The molecule has 0 amide bonds. The normalized spacial score (nSPS) is 23.2.